The molecule has 3 N–H and O–H groups in total. The SMILES string of the molecule is NC(=O)C(CNC(=O)c1ccccc1-c1ncc(-c2ccccc2F)o1)Cc1ccc(F)cc1. The molecule has 3 aromatic carbocycles. The van der Waals surface area contributed by atoms with Gasteiger partial charge in [-0.05, 0) is 48.4 Å². The first kappa shape index (κ1) is 22.8. The van der Waals surface area contributed by atoms with E-state index in [1.807, 2.05) is 0 Å². The molecular weight excluding hydrogens is 440 g/mol. The second-order valence-electron chi connectivity index (χ2n) is 7.70. The molecule has 0 saturated heterocycles. The molecule has 0 aliphatic rings. The summed E-state index contributed by atoms with van der Waals surface area (Å²) >= 11 is 0. The lowest BCUT2D eigenvalue weighted by atomic mass is 9.98. The highest BCUT2D eigenvalue weighted by Gasteiger charge is 2.21. The Balaban J connectivity index is 1.51. The van der Waals surface area contributed by atoms with Crippen molar-refractivity contribution in [1.82, 2.24) is 10.3 Å². The van der Waals surface area contributed by atoms with Crippen molar-refractivity contribution in [2.24, 2.45) is 11.7 Å². The fourth-order valence-corrected chi connectivity index (χ4v) is 3.54. The van der Waals surface area contributed by atoms with E-state index in [2.05, 4.69) is 10.3 Å². The maximum atomic E-state index is 14.1. The minimum Gasteiger partial charge on any atom is -0.436 e. The quantitative estimate of drug-likeness (QED) is 0.407. The number of carbonyl (C=O) groups excluding carboxylic acids is 2. The van der Waals surface area contributed by atoms with Crippen LogP contribution in [0.2, 0.25) is 0 Å². The van der Waals surface area contributed by atoms with Crippen LogP contribution in [0.25, 0.3) is 22.8 Å². The number of benzene rings is 3. The third kappa shape index (κ3) is 5.17. The van der Waals surface area contributed by atoms with E-state index in [1.165, 1.54) is 24.4 Å². The molecule has 4 aromatic rings. The maximum Gasteiger partial charge on any atom is 0.252 e. The molecule has 8 heteroatoms. The van der Waals surface area contributed by atoms with E-state index in [1.54, 1.807) is 54.6 Å². The molecule has 0 spiro atoms. The van der Waals surface area contributed by atoms with Crippen LogP contribution in [0.4, 0.5) is 8.78 Å². The monoisotopic (exact) mass is 461 g/mol. The average molecular weight is 461 g/mol. The standard InChI is InChI=1S/C26H21F2N3O3/c27-18-11-9-16(10-12-18)13-17(24(29)32)14-30-25(33)19-5-1-2-6-20(19)26-31-15-23(34-26)21-7-3-4-8-22(21)28/h1-12,15,17H,13-14H2,(H2,29,32)(H,30,33). The lowest BCUT2D eigenvalue weighted by molar-refractivity contribution is -0.121. The molecule has 0 radical (unpaired) electrons. The number of nitrogens with zero attached hydrogens (tertiary/aromatic N) is 1. The molecule has 6 nitrogen and oxygen atoms in total. The van der Waals surface area contributed by atoms with Crippen molar-refractivity contribution in [2.75, 3.05) is 6.54 Å². The van der Waals surface area contributed by atoms with Crippen molar-refractivity contribution < 1.29 is 22.8 Å². The van der Waals surface area contributed by atoms with Gasteiger partial charge >= 0.3 is 0 Å². The van der Waals surface area contributed by atoms with Crippen molar-refractivity contribution >= 4 is 11.8 Å². The van der Waals surface area contributed by atoms with Crippen LogP contribution in [-0.4, -0.2) is 23.3 Å². The Hall–Kier alpha value is -4.33. The van der Waals surface area contributed by atoms with Gasteiger partial charge in [-0.15, -0.1) is 0 Å². The Bertz CT molecular complexity index is 1320. The first-order valence-electron chi connectivity index (χ1n) is 10.5. The first-order chi connectivity index (χ1) is 16.4. The first-order valence-corrected chi connectivity index (χ1v) is 10.5. The van der Waals surface area contributed by atoms with Crippen LogP contribution in [0.1, 0.15) is 15.9 Å². The van der Waals surface area contributed by atoms with Crippen molar-refractivity contribution in [2.45, 2.75) is 6.42 Å². The highest BCUT2D eigenvalue weighted by Crippen LogP contribution is 2.29. The van der Waals surface area contributed by atoms with Gasteiger partial charge in [0.2, 0.25) is 11.8 Å². The molecule has 1 atom stereocenters. The van der Waals surface area contributed by atoms with Crippen LogP contribution in [0, 0.1) is 17.6 Å². The molecule has 2 amide bonds. The number of hydrogen-bond donors (Lipinski definition) is 2. The average Bonchev–Trinajstić information content (AvgIpc) is 3.33. The number of nitrogens with two attached hydrogens (primary N) is 1. The molecule has 0 aliphatic carbocycles. The second kappa shape index (κ2) is 10.1. The third-order valence-corrected chi connectivity index (χ3v) is 5.35. The van der Waals surface area contributed by atoms with Crippen LogP contribution >= 0.6 is 0 Å². The number of carbonyl (C=O) groups is 2. The normalized spacial score (nSPS) is 11.7. The summed E-state index contributed by atoms with van der Waals surface area (Å²) in [4.78, 5) is 29.1. The number of rotatable bonds is 8. The summed E-state index contributed by atoms with van der Waals surface area (Å²) in [6.07, 6.45) is 1.65. The van der Waals surface area contributed by atoms with Gasteiger partial charge in [0.1, 0.15) is 11.6 Å². The van der Waals surface area contributed by atoms with Crippen molar-refractivity contribution in [3.63, 3.8) is 0 Å². The zero-order valence-electron chi connectivity index (χ0n) is 18.0. The predicted octanol–water partition coefficient (Wildman–Crippen LogP) is 4.36. The molecule has 172 valence electrons. The minimum absolute atomic E-state index is 0.00800. The molecule has 0 bridgehead atoms. The van der Waals surface area contributed by atoms with E-state index >= 15 is 0 Å². The number of hydrogen-bond acceptors (Lipinski definition) is 4. The summed E-state index contributed by atoms with van der Waals surface area (Å²) in [7, 11) is 0. The molecule has 34 heavy (non-hydrogen) atoms. The van der Waals surface area contributed by atoms with Gasteiger partial charge in [-0.3, -0.25) is 9.59 Å². The van der Waals surface area contributed by atoms with Gasteiger partial charge in [0, 0.05) is 12.1 Å². The van der Waals surface area contributed by atoms with Crippen molar-refractivity contribution in [3.8, 4) is 22.8 Å². The van der Waals surface area contributed by atoms with Gasteiger partial charge in [-0.1, -0.05) is 36.4 Å². The van der Waals surface area contributed by atoms with Crippen LogP contribution in [0.5, 0.6) is 0 Å². The van der Waals surface area contributed by atoms with E-state index in [-0.39, 0.29) is 41.6 Å². The minimum atomic E-state index is -0.684. The highest BCUT2D eigenvalue weighted by molar-refractivity contribution is 6.00. The van der Waals surface area contributed by atoms with Gasteiger partial charge in [-0.25, -0.2) is 13.8 Å². The Morgan fingerprint density at radius 3 is 2.32 bits per heavy atom. The van der Waals surface area contributed by atoms with Gasteiger partial charge in [0.25, 0.3) is 5.91 Å². The third-order valence-electron chi connectivity index (χ3n) is 5.35. The summed E-state index contributed by atoms with van der Waals surface area (Å²) in [5.41, 5.74) is 7.18. The maximum absolute atomic E-state index is 14.1. The zero-order valence-corrected chi connectivity index (χ0v) is 18.0. The summed E-state index contributed by atoms with van der Waals surface area (Å²) in [5.74, 6) is -2.16. The molecule has 1 heterocycles. The van der Waals surface area contributed by atoms with Gasteiger partial charge < -0.3 is 15.5 Å². The van der Waals surface area contributed by atoms with Gasteiger partial charge in [0.05, 0.1) is 23.2 Å². The van der Waals surface area contributed by atoms with Crippen LogP contribution < -0.4 is 11.1 Å². The fourth-order valence-electron chi connectivity index (χ4n) is 3.54. The van der Waals surface area contributed by atoms with E-state index < -0.39 is 23.5 Å². The van der Waals surface area contributed by atoms with E-state index in [0.29, 0.717) is 5.56 Å². The molecule has 0 fully saturated rings. The van der Waals surface area contributed by atoms with Crippen molar-refractivity contribution in [1.29, 1.82) is 0 Å². The van der Waals surface area contributed by atoms with E-state index in [4.69, 9.17) is 10.2 Å². The van der Waals surface area contributed by atoms with Gasteiger partial charge in [0.15, 0.2) is 5.76 Å². The predicted molar refractivity (Wildman–Crippen MR) is 122 cm³/mol. The number of oxazole rings is 1. The van der Waals surface area contributed by atoms with E-state index in [0.717, 1.165) is 5.56 Å². The molecular formula is C26H21F2N3O3. The Kier molecular flexibility index (Phi) is 6.77. The van der Waals surface area contributed by atoms with Gasteiger partial charge in [-0.2, -0.15) is 0 Å². The number of aromatic nitrogens is 1. The molecule has 1 unspecified atom stereocenters. The number of amides is 2. The summed E-state index contributed by atoms with van der Waals surface area (Å²) in [6.45, 7) is -0.00800. The van der Waals surface area contributed by atoms with Crippen LogP contribution in [0.15, 0.2) is 83.4 Å². The van der Waals surface area contributed by atoms with Crippen LogP contribution in [0.3, 0.4) is 0 Å². The summed E-state index contributed by atoms with van der Waals surface area (Å²) in [5, 5.41) is 2.73. The Morgan fingerprint density at radius 2 is 1.62 bits per heavy atom. The fraction of sp³-hybridized carbons (Fsp3) is 0.115. The Morgan fingerprint density at radius 1 is 0.941 bits per heavy atom. The highest BCUT2D eigenvalue weighted by atomic mass is 19.1. The molecule has 0 saturated carbocycles. The summed E-state index contributed by atoms with van der Waals surface area (Å²) < 4.78 is 33.0. The summed E-state index contributed by atoms with van der Waals surface area (Å²) in [6, 6.07) is 18.5. The molecule has 0 aliphatic heterocycles. The van der Waals surface area contributed by atoms with E-state index in [9.17, 15) is 18.4 Å². The topological polar surface area (TPSA) is 98.2 Å². The lowest BCUT2D eigenvalue weighted by Crippen LogP contribution is -2.37. The number of primary amides is 1. The largest absolute Gasteiger partial charge is 0.436 e. The molecule has 1 aromatic heterocycles. The van der Waals surface area contributed by atoms with Crippen molar-refractivity contribution in [3.05, 3.63) is 102 Å². The Labute approximate surface area is 194 Å². The number of halogens is 2. The zero-order chi connectivity index (χ0) is 24.1. The van der Waals surface area contributed by atoms with Crippen LogP contribution in [-0.2, 0) is 11.2 Å². The lowest BCUT2D eigenvalue weighted by Gasteiger charge is -2.15. The molecule has 4 rings (SSSR count). The second-order valence-corrected chi connectivity index (χ2v) is 7.70. The number of nitrogens with one attached hydrogen (secondary N) is 1. The smallest absolute Gasteiger partial charge is 0.252 e.